The predicted octanol–water partition coefficient (Wildman–Crippen LogP) is -1.82. The molecule has 0 saturated carbocycles. The van der Waals surface area contributed by atoms with E-state index < -0.39 is 18.1 Å². The fraction of sp³-hybridized carbons (Fsp3) is 1.00. The molecule has 4 N–H and O–H groups in total. The van der Waals surface area contributed by atoms with Crippen LogP contribution in [0.5, 0.6) is 0 Å². The van der Waals surface area contributed by atoms with Crippen LogP contribution in [-0.2, 0) is 17.7 Å². The molecule has 0 heterocycles. The normalized spacial score (nSPS) is 12.0. The van der Waals surface area contributed by atoms with E-state index in [4.69, 9.17) is 19.2 Å². The summed E-state index contributed by atoms with van der Waals surface area (Å²) in [4.78, 5) is 34.3. The lowest BCUT2D eigenvalue weighted by Crippen LogP contribution is -2.42. The Morgan fingerprint density at radius 3 is 1.19 bits per heavy atom. The summed E-state index contributed by atoms with van der Waals surface area (Å²) in [6, 6.07) is 0. The molecule has 0 rings (SSSR count). The Labute approximate surface area is 96.9 Å². The van der Waals surface area contributed by atoms with Crippen LogP contribution < -0.4 is 0 Å². The molecule has 0 aliphatic heterocycles. The van der Waals surface area contributed by atoms with Crippen LogP contribution in [0.15, 0.2) is 0 Å². The first-order valence-corrected chi connectivity index (χ1v) is 7.94. The minimum Gasteiger partial charge on any atom is -0.367 e. The molecule has 0 atom stereocenters. The van der Waals surface area contributed by atoms with Crippen molar-refractivity contribution in [1.29, 1.82) is 0 Å². The minimum absolute atomic E-state index is 0.263. The molecule has 0 radical (unpaired) electrons. The van der Waals surface area contributed by atoms with E-state index in [0.717, 1.165) is 0 Å². The van der Waals surface area contributed by atoms with Gasteiger partial charge >= 0.3 is 18.1 Å². The number of hydrogen-bond acceptors (Lipinski definition) is 8. The van der Waals surface area contributed by atoms with Gasteiger partial charge < -0.3 is 36.9 Å². The van der Waals surface area contributed by atoms with Gasteiger partial charge in [0, 0.05) is 27.4 Å². The van der Waals surface area contributed by atoms with Crippen LogP contribution in [0.2, 0.25) is 0 Å². The molecular formula is C6H20O8Si2. The van der Waals surface area contributed by atoms with Gasteiger partial charge in [-0.3, -0.25) is 0 Å². The smallest absolute Gasteiger partial charge is 0.367 e. The van der Waals surface area contributed by atoms with Crippen molar-refractivity contribution in [2.24, 2.45) is 0 Å². The summed E-state index contributed by atoms with van der Waals surface area (Å²) >= 11 is 0. The lowest BCUT2D eigenvalue weighted by molar-refractivity contribution is 0.0318. The van der Waals surface area contributed by atoms with Gasteiger partial charge in [-0.15, -0.1) is 0 Å². The van der Waals surface area contributed by atoms with Crippen molar-refractivity contribution in [3.05, 3.63) is 0 Å². The zero-order valence-corrected chi connectivity index (χ0v) is 11.8. The van der Waals surface area contributed by atoms with Crippen LogP contribution in [0.3, 0.4) is 0 Å². The van der Waals surface area contributed by atoms with Crippen LogP contribution in [0.25, 0.3) is 0 Å². The summed E-state index contributed by atoms with van der Waals surface area (Å²) in [5, 5.41) is 0. The Bertz CT molecular complexity index is 151. The third kappa shape index (κ3) is 12.2. The molecule has 16 heavy (non-hydrogen) atoms. The fourth-order valence-electron chi connectivity index (χ4n) is 0.501. The first kappa shape index (κ1) is 18.5. The average Bonchev–Trinajstić information content (AvgIpc) is 2.18. The monoisotopic (exact) mass is 276 g/mol. The summed E-state index contributed by atoms with van der Waals surface area (Å²) in [5.41, 5.74) is 0. The summed E-state index contributed by atoms with van der Waals surface area (Å²) < 4.78 is 17.2. The zero-order valence-electron chi connectivity index (χ0n) is 9.84. The molecule has 0 unspecified atom stereocenters. The third-order valence-electron chi connectivity index (χ3n) is 1.20. The minimum atomic E-state index is -3.70. The van der Waals surface area contributed by atoms with E-state index in [1.54, 1.807) is 13.8 Å². The summed E-state index contributed by atoms with van der Waals surface area (Å²) in [6.07, 6.45) is 0. The number of rotatable bonds is 6. The summed E-state index contributed by atoms with van der Waals surface area (Å²) in [6.45, 7) is 3.87. The lowest BCUT2D eigenvalue weighted by Gasteiger charge is -2.13. The van der Waals surface area contributed by atoms with Crippen molar-refractivity contribution in [2.45, 2.75) is 13.8 Å². The highest BCUT2D eigenvalue weighted by Crippen LogP contribution is 1.95. The Kier molecular flexibility index (Phi) is 10.6. The Hall–Kier alpha value is 0.114. The van der Waals surface area contributed by atoms with Gasteiger partial charge in [0.05, 0.1) is 0 Å². The van der Waals surface area contributed by atoms with Crippen molar-refractivity contribution < 1.29 is 36.9 Å². The van der Waals surface area contributed by atoms with Crippen molar-refractivity contribution in [2.75, 3.05) is 27.4 Å². The molecular weight excluding hydrogens is 256 g/mol. The first-order chi connectivity index (χ1) is 7.24. The zero-order chi connectivity index (χ0) is 13.2. The Morgan fingerprint density at radius 2 is 1.06 bits per heavy atom. The standard InChI is InChI=1S/C4H12O4Si.C2H8O4Si/c1-3-7-9(5,6)8-4-2;1-5-7(3,4)6-2/h5-6H,3-4H2,1-2H3;3-4H,1-2H3. The molecule has 0 saturated heterocycles. The maximum Gasteiger partial charge on any atom is 0.674 e. The van der Waals surface area contributed by atoms with Gasteiger partial charge in [0.2, 0.25) is 0 Å². The van der Waals surface area contributed by atoms with Gasteiger partial charge in [0.25, 0.3) is 0 Å². The molecule has 0 aromatic carbocycles. The quantitative estimate of drug-likeness (QED) is 0.419. The Balaban J connectivity index is 0. The predicted molar refractivity (Wildman–Crippen MR) is 57.7 cm³/mol. The summed E-state index contributed by atoms with van der Waals surface area (Å²) in [7, 11) is -5.00. The van der Waals surface area contributed by atoms with Crippen molar-refractivity contribution in [3.63, 3.8) is 0 Å². The van der Waals surface area contributed by atoms with Gasteiger partial charge in [0.1, 0.15) is 0 Å². The van der Waals surface area contributed by atoms with E-state index in [1.165, 1.54) is 14.2 Å². The second-order valence-electron chi connectivity index (χ2n) is 2.37. The largest absolute Gasteiger partial charge is 0.674 e. The van der Waals surface area contributed by atoms with Crippen molar-refractivity contribution in [1.82, 2.24) is 0 Å². The number of hydrogen-bond donors (Lipinski definition) is 4. The van der Waals surface area contributed by atoms with Crippen LogP contribution in [-0.4, -0.2) is 64.7 Å². The second-order valence-corrected chi connectivity index (χ2v) is 5.96. The molecule has 0 bridgehead atoms. The SMILES string of the molecule is CCO[Si](O)(O)OCC.CO[Si](O)(O)OC. The first-order valence-electron chi connectivity index (χ1n) is 4.52. The molecule has 0 aliphatic carbocycles. The average molecular weight is 276 g/mol. The maximum absolute atomic E-state index is 8.76. The molecule has 0 aromatic rings. The van der Waals surface area contributed by atoms with Gasteiger partial charge in [-0.1, -0.05) is 0 Å². The Morgan fingerprint density at radius 1 is 0.750 bits per heavy atom. The van der Waals surface area contributed by atoms with Gasteiger partial charge in [-0.25, -0.2) is 0 Å². The highest BCUT2D eigenvalue weighted by atomic mass is 28.4. The highest BCUT2D eigenvalue weighted by Gasteiger charge is 2.34. The van der Waals surface area contributed by atoms with Crippen LogP contribution in [0.4, 0.5) is 0 Å². The third-order valence-corrected chi connectivity index (χ3v) is 3.59. The molecule has 0 spiro atoms. The molecule has 0 amide bonds. The lowest BCUT2D eigenvalue weighted by atomic mass is 10.9. The van der Waals surface area contributed by atoms with Crippen LogP contribution in [0, 0.1) is 0 Å². The molecule has 0 fully saturated rings. The van der Waals surface area contributed by atoms with Crippen LogP contribution in [0.1, 0.15) is 13.8 Å². The summed E-state index contributed by atoms with van der Waals surface area (Å²) in [5.74, 6) is 0. The van der Waals surface area contributed by atoms with Gasteiger partial charge in [0.15, 0.2) is 0 Å². The van der Waals surface area contributed by atoms with Gasteiger partial charge in [-0.05, 0) is 13.8 Å². The van der Waals surface area contributed by atoms with Gasteiger partial charge in [-0.2, -0.15) is 0 Å². The van der Waals surface area contributed by atoms with Crippen molar-refractivity contribution >= 4 is 18.1 Å². The van der Waals surface area contributed by atoms with Crippen molar-refractivity contribution in [3.8, 4) is 0 Å². The second kappa shape index (κ2) is 9.18. The molecule has 0 aliphatic rings. The highest BCUT2D eigenvalue weighted by molar-refractivity contribution is 6.50. The molecule has 100 valence electrons. The van der Waals surface area contributed by atoms with E-state index in [1.807, 2.05) is 0 Å². The topological polar surface area (TPSA) is 118 Å². The van der Waals surface area contributed by atoms with E-state index in [-0.39, 0.29) is 13.2 Å². The van der Waals surface area contributed by atoms with E-state index in [9.17, 15) is 0 Å². The molecule has 10 heteroatoms. The molecule has 8 nitrogen and oxygen atoms in total. The van der Waals surface area contributed by atoms with Crippen LogP contribution >= 0.6 is 0 Å². The van der Waals surface area contributed by atoms with E-state index >= 15 is 0 Å². The van der Waals surface area contributed by atoms with E-state index in [0.29, 0.717) is 0 Å². The molecule has 0 aromatic heterocycles. The maximum atomic E-state index is 8.76. The fourth-order valence-corrected chi connectivity index (χ4v) is 1.50. The van der Waals surface area contributed by atoms with E-state index in [2.05, 4.69) is 17.7 Å².